The zero-order chi connectivity index (χ0) is 29.9. The number of aliphatic hydroxyl groups excluding tert-OH is 1. The molecule has 4 unspecified atom stereocenters. The zero-order valence-corrected chi connectivity index (χ0v) is 23.2. The van der Waals surface area contributed by atoms with E-state index < -0.39 is 23.7 Å². The fourth-order valence-corrected chi connectivity index (χ4v) is 6.14. The third-order valence-electron chi connectivity index (χ3n) is 8.72. The standard InChI is InChI=1S/C33H34O8/c1-14-19-6-20(27(35)5-18(19)13-34)15(2)23-8-24(31(39)11-30(23)38)17(4)26-9-25(32(40)12-33(26)41)16(3)22-7-21(14)28(36)10-29(22)37/h5-12,14-17,34-41H,13H2,1-4H3. The Morgan fingerprint density at radius 1 is 0.366 bits per heavy atom. The first-order valence-electron chi connectivity index (χ1n) is 13.5. The molecule has 1 aliphatic rings. The summed E-state index contributed by atoms with van der Waals surface area (Å²) in [6.45, 7) is 6.80. The summed E-state index contributed by atoms with van der Waals surface area (Å²) in [5.74, 6) is -3.45. The first-order chi connectivity index (χ1) is 19.3. The van der Waals surface area contributed by atoms with Gasteiger partial charge in [-0.25, -0.2) is 0 Å². The van der Waals surface area contributed by atoms with Gasteiger partial charge in [0, 0.05) is 80.8 Å². The Hall–Kier alpha value is -4.56. The number of rotatable bonds is 1. The Morgan fingerprint density at radius 2 is 0.585 bits per heavy atom. The lowest BCUT2D eigenvalue weighted by Gasteiger charge is -2.26. The summed E-state index contributed by atoms with van der Waals surface area (Å²) in [6, 6.07) is 11.8. The maximum Gasteiger partial charge on any atom is 0.123 e. The molecule has 0 radical (unpaired) electrons. The molecule has 4 aromatic rings. The molecule has 5 rings (SSSR count). The van der Waals surface area contributed by atoms with Crippen LogP contribution < -0.4 is 0 Å². The van der Waals surface area contributed by atoms with Gasteiger partial charge < -0.3 is 40.9 Å². The number of phenols is 7. The van der Waals surface area contributed by atoms with Crippen LogP contribution in [0, 0.1) is 0 Å². The van der Waals surface area contributed by atoms with Crippen molar-refractivity contribution in [3.63, 3.8) is 0 Å². The SMILES string of the molecule is CC1c2cc(c(O)cc2O)C(C)c2cc(c(O)cc2O)C(C)c2cc(c(O)cc2CO)C(C)c2cc1c(O)cc2O. The molecule has 0 saturated heterocycles. The Kier molecular flexibility index (Phi) is 6.91. The molecule has 4 aromatic carbocycles. The Balaban J connectivity index is 1.88. The van der Waals surface area contributed by atoms with E-state index in [1.54, 1.807) is 45.0 Å². The molecule has 8 N–H and O–H groups in total. The van der Waals surface area contributed by atoms with Crippen LogP contribution in [0.4, 0.5) is 0 Å². The molecule has 4 atom stereocenters. The average Bonchev–Trinajstić information content (AvgIpc) is 2.91. The third kappa shape index (κ3) is 4.54. The number of phenolic OH excluding ortho intramolecular Hbond substituents is 7. The van der Waals surface area contributed by atoms with Crippen LogP contribution in [0.15, 0.2) is 48.5 Å². The first kappa shape index (κ1) is 28.0. The molecule has 0 amide bonds. The van der Waals surface area contributed by atoms with E-state index in [0.29, 0.717) is 50.1 Å². The first-order valence-corrected chi connectivity index (χ1v) is 13.5. The minimum atomic E-state index is -0.592. The van der Waals surface area contributed by atoms with Gasteiger partial charge in [-0.1, -0.05) is 33.8 Å². The van der Waals surface area contributed by atoms with Crippen molar-refractivity contribution in [2.24, 2.45) is 0 Å². The fraction of sp³-hybridized carbons (Fsp3) is 0.273. The van der Waals surface area contributed by atoms with Gasteiger partial charge >= 0.3 is 0 Å². The van der Waals surface area contributed by atoms with E-state index in [4.69, 9.17) is 0 Å². The predicted molar refractivity (Wildman–Crippen MR) is 153 cm³/mol. The lowest BCUT2D eigenvalue weighted by atomic mass is 9.80. The number of fused-ring (bicyclic) bond motifs is 8. The van der Waals surface area contributed by atoms with Crippen molar-refractivity contribution in [2.45, 2.75) is 58.0 Å². The lowest BCUT2D eigenvalue weighted by Crippen LogP contribution is -2.08. The lowest BCUT2D eigenvalue weighted by molar-refractivity contribution is 0.279. The normalized spacial score (nSPS) is 20.1. The van der Waals surface area contributed by atoms with Crippen LogP contribution in [-0.2, 0) is 6.61 Å². The quantitative estimate of drug-likeness (QED) is 0.140. The number of aliphatic hydroxyl groups is 1. The molecule has 0 saturated carbocycles. The van der Waals surface area contributed by atoms with Crippen molar-refractivity contribution in [1.82, 2.24) is 0 Å². The number of hydrogen-bond acceptors (Lipinski definition) is 8. The van der Waals surface area contributed by atoms with Crippen LogP contribution >= 0.6 is 0 Å². The van der Waals surface area contributed by atoms with Crippen LogP contribution in [0.25, 0.3) is 0 Å². The van der Waals surface area contributed by atoms with Gasteiger partial charge in [-0.3, -0.25) is 0 Å². The second-order valence-electron chi connectivity index (χ2n) is 11.1. The summed E-state index contributed by atoms with van der Waals surface area (Å²) >= 11 is 0. The molecular formula is C33H34O8. The van der Waals surface area contributed by atoms with Crippen molar-refractivity contribution >= 4 is 0 Å². The minimum absolute atomic E-state index is 0.0919. The highest BCUT2D eigenvalue weighted by Crippen LogP contribution is 2.48. The second-order valence-corrected chi connectivity index (χ2v) is 11.1. The molecule has 8 nitrogen and oxygen atoms in total. The Labute approximate surface area is 237 Å². The monoisotopic (exact) mass is 558 g/mol. The van der Waals surface area contributed by atoms with E-state index in [2.05, 4.69) is 0 Å². The van der Waals surface area contributed by atoms with Gasteiger partial charge in [-0.05, 0) is 35.4 Å². The molecule has 0 aliphatic heterocycles. The van der Waals surface area contributed by atoms with Crippen LogP contribution in [0.2, 0.25) is 0 Å². The highest BCUT2D eigenvalue weighted by molar-refractivity contribution is 5.60. The van der Waals surface area contributed by atoms with E-state index in [-0.39, 0.29) is 46.9 Å². The van der Waals surface area contributed by atoms with Crippen LogP contribution in [0.1, 0.15) is 101 Å². The molecule has 1 aliphatic carbocycles. The van der Waals surface area contributed by atoms with E-state index in [0.717, 1.165) is 0 Å². The fourth-order valence-electron chi connectivity index (χ4n) is 6.14. The Morgan fingerprint density at radius 3 is 0.854 bits per heavy atom. The van der Waals surface area contributed by atoms with Gasteiger partial charge in [0.15, 0.2) is 0 Å². The topological polar surface area (TPSA) is 162 Å². The number of benzene rings is 4. The number of aromatic hydroxyl groups is 7. The summed E-state index contributed by atoms with van der Waals surface area (Å²) in [4.78, 5) is 0. The Bertz CT molecular complexity index is 1670. The largest absolute Gasteiger partial charge is 0.508 e. The maximum absolute atomic E-state index is 11.0. The summed E-state index contributed by atoms with van der Waals surface area (Å²) in [6.07, 6.45) is 0. The van der Waals surface area contributed by atoms with Crippen molar-refractivity contribution in [2.75, 3.05) is 0 Å². The molecule has 0 heterocycles. The van der Waals surface area contributed by atoms with E-state index in [1.807, 2.05) is 6.92 Å². The molecule has 8 bridgehead atoms. The smallest absolute Gasteiger partial charge is 0.123 e. The molecule has 8 heteroatoms. The van der Waals surface area contributed by atoms with Gasteiger partial charge in [-0.15, -0.1) is 0 Å². The number of hydrogen-bond donors (Lipinski definition) is 8. The molecule has 41 heavy (non-hydrogen) atoms. The average molecular weight is 559 g/mol. The van der Waals surface area contributed by atoms with Gasteiger partial charge in [0.05, 0.1) is 6.61 Å². The highest BCUT2D eigenvalue weighted by atomic mass is 16.3. The van der Waals surface area contributed by atoms with E-state index >= 15 is 0 Å². The molecule has 0 fully saturated rings. The highest BCUT2D eigenvalue weighted by Gasteiger charge is 2.28. The zero-order valence-electron chi connectivity index (χ0n) is 23.2. The van der Waals surface area contributed by atoms with Gasteiger partial charge in [0.2, 0.25) is 0 Å². The maximum atomic E-state index is 11.0. The van der Waals surface area contributed by atoms with Crippen LogP contribution in [-0.4, -0.2) is 40.9 Å². The van der Waals surface area contributed by atoms with Crippen molar-refractivity contribution in [3.8, 4) is 40.2 Å². The van der Waals surface area contributed by atoms with E-state index in [1.165, 1.54) is 24.3 Å². The van der Waals surface area contributed by atoms with Gasteiger partial charge in [-0.2, -0.15) is 0 Å². The van der Waals surface area contributed by atoms with Crippen LogP contribution in [0.5, 0.6) is 40.2 Å². The van der Waals surface area contributed by atoms with Gasteiger partial charge in [0.25, 0.3) is 0 Å². The predicted octanol–water partition coefficient (Wildman–Crippen LogP) is 6.04. The minimum Gasteiger partial charge on any atom is -0.508 e. The van der Waals surface area contributed by atoms with Crippen LogP contribution in [0.3, 0.4) is 0 Å². The van der Waals surface area contributed by atoms with Crippen molar-refractivity contribution in [3.05, 3.63) is 98.6 Å². The summed E-state index contributed by atoms with van der Waals surface area (Å²) in [5, 5.41) is 86.3. The molecule has 0 spiro atoms. The summed E-state index contributed by atoms with van der Waals surface area (Å²) in [7, 11) is 0. The third-order valence-corrected chi connectivity index (χ3v) is 8.72. The van der Waals surface area contributed by atoms with Crippen molar-refractivity contribution < 1.29 is 40.9 Å². The summed E-state index contributed by atoms with van der Waals surface area (Å²) in [5.41, 5.74) is 4.04. The second kappa shape index (κ2) is 10.1. The molecule has 0 aromatic heterocycles. The van der Waals surface area contributed by atoms with E-state index in [9.17, 15) is 40.9 Å². The van der Waals surface area contributed by atoms with Crippen molar-refractivity contribution in [1.29, 1.82) is 0 Å². The summed E-state index contributed by atoms with van der Waals surface area (Å²) < 4.78 is 0. The molecular weight excluding hydrogens is 524 g/mol. The molecule has 214 valence electrons. The van der Waals surface area contributed by atoms with Gasteiger partial charge in [0.1, 0.15) is 40.2 Å².